The zero-order valence-electron chi connectivity index (χ0n) is 13.7. The van der Waals surface area contributed by atoms with Crippen molar-refractivity contribution in [1.82, 2.24) is 19.7 Å². The summed E-state index contributed by atoms with van der Waals surface area (Å²) in [6.45, 7) is 2.03. The summed E-state index contributed by atoms with van der Waals surface area (Å²) in [5.41, 5.74) is 3.99. The molecule has 1 saturated heterocycles. The molecule has 1 amide bonds. The molecule has 1 fully saturated rings. The van der Waals surface area contributed by atoms with Gasteiger partial charge < -0.3 is 10.0 Å². The number of rotatable bonds is 1. The molecule has 1 unspecified atom stereocenters. The Bertz CT molecular complexity index is 996. The van der Waals surface area contributed by atoms with Gasteiger partial charge in [-0.1, -0.05) is 18.2 Å². The number of benzene rings is 1. The number of likely N-dealkylation sites (tertiary alicyclic amines) is 1. The van der Waals surface area contributed by atoms with E-state index in [2.05, 4.69) is 27.9 Å². The van der Waals surface area contributed by atoms with Crippen molar-refractivity contribution in [1.29, 1.82) is 0 Å². The molecule has 0 bridgehead atoms. The van der Waals surface area contributed by atoms with E-state index in [1.165, 1.54) is 10.6 Å². The van der Waals surface area contributed by atoms with Crippen molar-refractivity contribution >= 4 is 17.0 Å². The second-order valence-electron chi connectivity index (χ2n) is 7.04. The second kappa shape index (κ2) is 5.05. The Morgan fingerprint density at radius 3 is 2.84 bits per heavy atom. The predicted octanol–water partition coefficient (Wildman–Crippen LogP) is 3.12. The molecule has 25 heavy (non-hydrogen) atoms. The number of aryl methyl sites for hydroxylation is 1. The van der Waals surface area contributed by atoms with Crippen LogP contribution in [0.25, 0.3) is 22.2 Å². The number of hydrogen-bond acceptors (Lipinski definition) is 3. The quantitative estimate of drug-likeness (QED) is 0.742. The third-order valence-corrected chi connectivity index (χ3v) is 5.64. The van der Waals surface area contributed by atoms with Gasteiger partial charge in [-0.25, -0.2) is 4.79 Å². The van der Waals surface area contributed by atoms with E-state index in [4.69, 9.17) is 5.10 Å². The van der Waals surface area contributed by atoms with Crippen molar-refractivity contribution in [2.45, 2.75) is 24.8 Å². The lowest BCUT2D eigenvalue weighted by Gasteiger charge is -2.21. The summed E-state index contributed by atoms with van der Waals surface area (Å²) in [7, 11) is 0. The van der Waals surface area contributed by atoms with Crippen molar-refractivity contribution < 1.29 is 9.90 Å². The van der Waals surface area contributed by atoms with Crippen LogP contribution in [0.4, 0.5) is 4.79 Å². The standard InChI is InChI=1S/C19H18N4O2/c24-18(25)22-7-5-19(12-22)6-8-23-17(19)10-16(21-23)14-9-13-3-1-2-4-15(13)20-11-14/h1-4,9-11H,5-8,12H2,(H,24,25). The van der Waals surface area contributed by atoms with Crippen LogP contribution in [0.1, 0.15) is 18.5 Å². The molecule has 0 aliphatic carbocycles. The lowest BCUT2D eigenvalue weighted by molar-refractivity contribution is 0.153. The number of aromatic nitrogens is 3. The largest absolute Gasteiger partial charge is 0.465 e. The van der Waals surface area contributed by atoms with Gasteiger partial charge in [0.25, 0.3) is 0 Å². The summed E-state index contributed by atoms with van der Waals surface area (Å²) in [4.78, 5) is 17.4. The maximum Gasteiger partial charge on any atom is 0.407 e. The Morgan fingerprint density at radius 1 is 1.16 bits per heavy atom. The monoisotopic (exact) mass is 334 g/mol. The molecule has 1 N–H and O–H groups in total. The lowest BCUT2D eigenvalue weighted by Crippen LogP contribution is -2.32. The predicted molar refractivity (Wildman–Crippen MR) is 93.5 cm³/mol. The number of nitrogens with zero attached hydrogens (tertiary/aromatic N) is 4. The number of amides is 1. The van der Waals surface area contributed by atoms with Gasteiger partial charge in [-0.15, -0.1) is 0 Å². The first-order chi connectivity index (χ1) is 12.1. The first-order valence-electron chi connectivity index (χ1n) is 8.56. The highest BCUT2D eigenvalue weighted by atomic mass is 16.4. The highest BCUT2D eigenvalue weighted by Crippen LogP contribution is 2.43. The van der Waals surface area contributed by atoms with Crippen molar-refractivity contribution in [3.05, 3.63) is 48.3 Å². The van der Waals surface area contributed by atoms with Crippen LogP contribution in [0.3, 0.4) is 0 Å². The Kier molecular flexibility index (Phi) is 2.92. The maximum absolute atomic E-state index is 11.3. The van der Waals surface area contributed by atoms with E-state index in [0.717, 1.165) is 41.5 Å². The molecule has 4 heterocycles. The summed E-state index contributed by atoms with van der Waals surface area (Å²) in [5.74, 6) is 0. The van der Waals surface area contributed by atoms with Gasteiger partial charge in [0.05, 0.1) is 11.2 Å². The van der Waals surface area contributed by atoms with Gasteiger partial charge in [0, 0.05) is 47.9 Å². The molecule has 1 aromatic carbocycles. The van der Waals surface area contributed by atoms with Crippen LogP contribution >= 0.6 is 0 Å². The fourth-order valence-corrected chi connectivity index (χ4v) is 4.26. The van der Waals surface area contributed by atoms with E-state index in [0.29, 0.717) is 13.1 Å². The lowest BCUT2D eigenvalue weighted by atomic mass is 9.82. The SMILES string of the molecule is O=C(O)N1CCC2(CCn3nc(-c4cnc5ccccc5c4)cc32)C1. The molecule has 2 aliphatic rings. The van der Waals surface area contributed by atoms with E-state index in [-0.39, 0.29) is 5.41 Å². The van der Waals surface area contributed by atoms with Crippen LogP contribution in [-0.4, -0.2) is 44.0 Å². The van der Waals surface area contributed by atoms with Gasteiger partial charge >= 0.3 is 6.09 Å². The van der Waals surface area contributed by atoms with Crippen molar-refractivity contribution in [2.75, 3.05) is 13.1 Å². The number of fused-ring (bicyclic) bond motifs is 3. The molecule has 3 aromatic rings. The minimum atomic E-state index is -0.825. The third-order valence-electron chi connectivity index (χ3n) is 5.64. The molecule has 1 spiro atoms. The van der Waals surface area contributed by atoms with Gasteiger partial charge in [0.1, 0.15) is 0 Å². The van der Waals surface area contributed by atoms with E-state index in [9.17, 15) is 9.90 Å². The number of para-hydroxylation sites is 1. The molecule has 6 heteroatoms. The van der Waals surface area contributed by atoms with Crippen LogP contribution in [-0.2, 0) is 12.0 Å². The van der Waals surface area contributed by atoms with Gasteiger partial charge in [-0.3, -0.25) is 9.67 Å². The summed E-state index contributed by atoms with van der Waals surface area (Å²) < 4.78 is 2.05. The van der Waals surface area contributed by atoms with Crippen molar-refractivity contribution in [2.24, 2.45) is 0 Å². The minimum Gasteiger partial charge on any atom is -0.465 e. The molecular formula is C19H18N4O2. The van der Waals surface area contributed by atoms with Crippen molar-refractivity contribution in [3.8, 4) is 11.3 Å². The van der Waals surface area contributed by atoms with E-state index in [1.807, 2.05) is 24.4 Å². The molecule has 0 saturated carbocycles. The second-order valence-corrected chi connectivity index (χ2v) is 7.04. The Hall–Kier alpha value is -2.89. The topological polar surface area (TPSA) is 71.2 Å². The van der Waals surface area contributed by atoms with Gasteiger partial charge in [0.2, 0.25) is 0 Å². The average Bonchev–Trinajstić information content (AvgIpc) is 3.32. The van der Waals surface area contributed by atoms with E-state index < -0.39 is 6.09 Å². The Labute approximate surface area is 144 Å². The van der Waals surface area contributed by atoms with Crippen LogP contribution in [0, 0.1) is 0 Å². The summed E-state index contributed by atoms with van der Waals surface area (Å²) in [6, 6.07) is 12.3. The smallest absolute Gasteiger partial charge is 0.407 e. The first kappa shape index (κ1) is 14.5. The molecule has 2 aliphatic heterocycles. The highest BCUT2D eigenvalue weighted by molar-refractivity contribution is 5.82. The van der Waals surface area contributed by atoms with Gasteiger partial charge in [0.15, 0.2) is 0 Å². The molecule has 126 valence electrons. The van der Waals surface area contributed by atoms with Crippen LogP contribution in [0.5, 0.6) is 0 Å². The van der Waals surface area contributed by atoms with E-state index >= 15 is 0 Å². The van der Waals surface area contributed by atoms with Gasteiger partial charge in [-0.05, 0) is 31.0 Å². The fourth-order valence-electron chi connectivity index (χ4n) is 4.26. The van der Waals surface area contributed by atoms with Crippen LogP contribution < -0.4 is 0 Å². The number of carboxylic acid groups (broad SMARTS) is 1. The summed E-state index contributed by atoms with van der Waals surface area (Å²) >= 11 is 0. The molecule has 1 atom stereocenters. The zero-order chi connectivity index (χ0) is 17.0. The van der Waals surface area contributed by atoms with E-state index in [1.54, 1.807) is 0 Å². The average molecular weight is 334 g/mol. The molecule has 6 nitrogen and oxygen atoms in total. The van der Waals surface area contributed by atoms with Gasteiger partial charge in [-0.2, -0.15) is 5.10 Å². The van der Waals surface area contributed by atoms with Crippen LogP contribution in [0.2, 0.25) is 0 Å². The molecule has 2 aromatic heterocycles. The normalized spacial score (nSPS) is 22.0. The third kappa shape index (κ3) is 2.13. The first-order valence-corrected chi connectivity index (χ1v) is 8.56. The minimum absolute atomic E-state index is 0.0755. The number of hydrogen-bond donors (Lipinski definition) is 1. The Morgan fingerprint density at radius 2 is 2.00 bits per heavy atom. The fraction of sp³-hybridized carbons (Fsp3) is 0.316. The van der Waals surface area contributed by atoms with Crippen molar-refractivity contribution in [3.63, 3.8) is 0 Å². The van der Waals surface area contributed by atoms with Crippen LogP contribution in [0.15, 0.2) is 42.6 Å². The zero-order valence-corrected chi connectivity index (χ0v) is 13.7. The summed E-state index contributed by atoms with van der Waals surface area (Å²) in [6.07, 6.45) is 2.88. The maximum atomic E-state index is 11.3. The molecule has 5 rings (SSSR count). The molecular weight excluding hydrogens is 316 g/mol. The molecule has 0 radical (unpaired) electrons. The number of pyridine rings is 1. The Balaban J connectivity index is 1.53. The number of carbonyl (C=O) groups is 1. The summed E-state index contributed by atoms with van der Waals surface area (Å²) in [5, 5.41) is 15.1. The highest BCUT2D eigenvalue weighted by Gasteiger charge is 2.46.